The third kappa shape index (κ3) is 14.3. The van der Waals surface area contributed by atoms with Crippen LogP contribution in [0.4, 0.5) is 0 Å². The highest BCUT2D eigenvalue weighted by atomic mass is 31.2. The molecule has 0 amide bonds. The number of phosphoric acid groups is 1. The van der Waals surface area contributed by atoms with Crippen molar-refractivity contribution in [1.29, 1.82) is 0 Å². The summed E-state index contributed by atoms with van der Waals surface area (Å²) in [4.78, 5) is 30.8. The SMILES string of the molecule is C[N+](C)(C)CCOP(=O)(O)OCC(O)COC(=O)CCC(=O)O. The fourth-order valence-corrected chi connectivity index (χ4v) is 1.91. The number of esters is 1. The molecular formula is C12H25NO9P+. The van der Waals surface area contributed by atoms with Gasteiger partial charge in [0.2, 0.25) is 0 Å². The van der Waals surface area contributed by atoms with E-state index in [9.17, 15) is 24.2 Å². The number of likely N-dealkylation sites (N-methyl/N-ethyl adjacent to an activating group) is 1. The minimum atomic E-state index is -4.29. The first kappa shape index (κ1) is 22.0. The fraction of sp³-hybridized carbons (Fsp3) is 0.833. The number of carbonyl (C=O) groups excluding carboxylic acids is 1. The van der Waals surface area contributed by atoms with Gasteiger partial charge in [-0.05, 0) is 0 Å². The lowest BCUT2D eigenvalue weighted by Gasteiger charge is -2.24. The summed E-state index contributed by atoms with van der Waals surface area (Å²) in [6, 6.07) is 0. The standard InChI is InChI=1S/C12H24NO9P/c1-13(2,3)6-7-21-23(18,19)22-9-10(14)8-20-12(17)5-4-11(15)16/h10,14H,4-9H2,1-3H3,(H-,15,16,18,19)/p+1. The Bertz CT molecular complexity index is 435. The van der Waals surface area contributed by atoms with E-state index in [2.05, 4.69) is 9.26 Å². The molecule has 11 heteroatoms. The predicted octanol–water partition coefficient (Wildman–Crippen LogP) is -0.405. The van der Waals surface area contributed by atoms with Crippen LogP contribution in [0.1, 0.15) is 12.8 Å². The zero-order valence-corrected chi connectivity index (χ0v) is 14.4. The normalized spacial score (nSPS) is 15.7. The van der Waals surface area contributed by atoms with Gasteiger partial charge >= 0.3 is 19.8 Å². The summed E-state index contributed by atoms with van der Waals surface area (Å²) in [7, 11) is 1.36. The minimum absolute atomic E-state index is 0.00243. The molecule has 0 saturated carbocycles. The van der Waals surface area contributed by atoms with Crippen molar-refractivity contribution in [2.24, 2.45) is 0 Å². The maximum absolute atomic E-state index is 11.5. The van der Waals surface area contributed by atoms with Crippen LogP contribution in [-0.2, 0) is 27.9 Å². The van der Waals surface area contributed by atoms with E-state index >= 15 is 0 Å². The van der Waals surface area contributed by atoms with Gasteiger partial charge in [0.25, 0.3) is 0 Å². The smallest absolute Gasteiger partial charge is 0.472 e. The largest absolute Gasteiger partial charge is 0.481 e. The molecule has 23 heavy (non-hydrogen) atoms. The van der Waals surface area contributed by atoms with Gasteiger partial charge in [0, 0.05) is 0 Å². The number of quaternary nitrogens is 1. The summed E-state index contributed by atoms with van der Waals surface area (Å²) < 4.78 is 26.0. The zero-order valence-electron chi connectivity index (χ0n) is 13.5. The third-order valence-corrected chi connectivity index (χ3v) is 3.41. The van der Waals surface area contributed by atoms with Gasteiger partial charge in [0.05, 0.1) is 40.6 Å². The monoisotopic (exact) mass is 358 g/mol. The molecule has 136 valence electrons. The molecule has 0 spiro atoms. The first-order chi connectivity index (χ1) is 10.4. The zero-order chi connectivity index (χ0) is 18.1. The summed E-state index contributed by atoms with van der Waals surface area (Å²) in [5, 5.41) is 17.9. The van der Waals surface area contributed by atoms with Crippen LogP contribution in [0, 0.1) is 0 Å². The van der Waals surface area contributed by atoms with Crippen LogP contribution in [0.15, 0.2) is 0 Å². The van der Waals surface area contributed by atoms with Crippen LogP contribution < -0.4 is 0 Å². The van der Waals surface area contributed by atoms with Crippen LogP contribution in [0.2, 0.25) is 0 Å². The molecule has 2 unspecified atom stereocenters. The highest BCUT2D eigenvalue weighted by Crippen LogP contribution is 2.43. The molecule has 0 heterocycles. The van der Waals surface area contributed by atoms with E-state index < -0.39 is 39.1 Å². The second-order valence-corrected chi connectivity index (χ2v) is 7.30. The van der Waals surface area contributed by atoms with Gasteiger partial charge in [-0.1, -0.05) is 0 Å². The highest BCUT2D eigenvalue weighted by Gasteiger charge is 2.24. The Morgan fingerprint density at radius 1 is 1.13 bits per heavy atom. The second kappa shape index (κ2) is 9.96. The molecule has 0 aliphatic carbocycles. The molecule has 0 aliphatic rings. The molecule has 0 radical (unpaired) electrons. The molecular weight excluding hydrogens is 333 g/mol. The summed E-state index contributed by atoms with van der Waals surface area (Å²) in [6.45, 7) is -0.559. The lowest BCUT2D eigenvalue weighted by molar-refractivity contribution is -0.870. The Labute approximate surface area is 134 Å². The highest BCUT2D eigenvalue weighted by molar-refractivity contribution is 7.47. The molecule has 0 aliphatic heterocycles. The predicted molar refractivity (Wildman–Crippen MR) is 78.5 cm³/mol. The number of phosphoric ester groups is 1. The Morgan fingerprint density at radius 2 is 1.74 bits per heavy atom. The van der Waals surface area contributed by atoms with Gasteiger partial charge in [-0.25, -0.2) is 4.57 Å². The van der Waals surface area contributed by atoms with Crippen molar-refractivity contribution in [2.45, 2.75) is 18.9 Å². The molecule has 0 bridgehead atoms. The van der Waals surface area contributed by atoms with Gasteiger partial charge in [-0.3, -0.25) is 18.6 Å². The summed E-state index contributed by atoms with van der Waals surface area (Å²) in [5.41, 5.74) is 0. The van der Waals surface area contributed by atoms with Gasteiger partial charge in [0.15, 0.2) is 0 Å². The molecule has 0 saturated heterocycles. The van der Waals surface area contributed by atoms with Crippen molar-refractivity contribution >= 4 is 19.8 Å². The number of carbonyl (C=O) groups is 2. The Hall–Kier alpha value is -1.03. The van der Waals surface area contributed by atoms with Crippen molar-refractivity contribution in [1.82, 2.24) is 0 Å². The molecule has 10 nitrogen and oxygen atoms in total. The first-order valence-electron chi connectivity index (χ1n) is 6.89. The van der Waals surface area contributed by atoms with Crippen molar-refractivity contribution in [3.8, 4) is 0 Å². The van der Waals surface area contributed by atoms with Crippen molar-refractivity contribution in [3.05, 3.63) is 0 Å². The van der Waals surface area contributed by atoms with Crippen LogP contribution in [-0.4, -0.2) is 85.1 Å². The lowest BCUT2D eigenvalue weighted by Crippen LogP contribution is -2.37. The Morgan fingerprint density at radius 3 is 2.26 bits per heavy atom. The van der Waals surface area contributed by atoms with E-state index in [4.69, 9.17) is 9.63 Å². The van der Waals surface area contributed by atoms with Gasteiger partial charge in [-0.15, -0.1) is 0 Å². The van der Waals surface area contributed by atoms with E-state index in [1.807, 2.05) is 21.1 Å². The number of aliphatic carboxylic acids is 1. The number of ether oxygens (including phenoxy) is 1. The first-order valence-corrected chi connectivity index (χ1v) is 8.38. The number of hydrogen-bond acceptors (Lipinski definition) is 7. The fourth-order valence-electron chi connectivity index (χ4n) is 1.17. The number of carboxylic acid groups (broad SMARTS) is 1. The molecule has 0 aromatic carbocycles. The van der Waals surface area contributed by atoms with E-state index in [1.165, 1.54) is 0 Å². The molecule has 0 aromatic rings. The molecule has 3 N–H and O–H groups in total. The summed E-state index contributed by atoms with van der Waals surface area (Å²) in [6.07, 6.45) is -2.03. The Kier molecular flexibility index (Phi) is 9.52. The van der Waals surface area contributed by atoms with Crippen LogP contribution in [0.5, 0.6) is 0 Å². The Balaban J connectivity index is 3.93. The van der Waals surface area contributed by atoms with Crippen LogP contribution in [0.3, 0.4) is 0 Å². The van der Waals surface area contributed by atoms with E-state index in [0.717, 1.165) is 0 Å². The van der Waals surface area contributed by atoms with Crippen LogP contribution in [0.25, 0.3) is 0 Å². The molecule has 0 aromatic heterocycles. The number of rotatable bonds is 12. The van der Waals surface area contributed by atoms with Gasteiger partial charge in [-0.2, -0.15) is 0 Å². The maximum Gasteiger partial charge on any atom is 0.472 e. The average Bonchev–Trinajstić information content (AvgIpc) is 2.39. The molecule has 0 rings (SSSR count). The number of aliphatic hydroxyl groups excluding tert-OH is 1. The number of nitrogens with zero attached hydrogens (tertiary/aromatic N) is 1. The number of carboxylic acids is 1. The summed E-state index contributed by atoms with van der Waals surface area (Å²) >= 11 is 0. The quantitative estimate of drug-likeness (QED) is 0.241. The topological polar surface area (TPSA) is 140 Å². The molecule has 2 atom stereocenters. The van der Waals surface area contributed by atoms with Crippen molar-refractivity contribution in [2.75, 3.05) is 47.5 Å². The van der Waals surface area contributed by atoms with E-state index in [0.29, 0.717) is 11.0 Å². The van der Waals surface area contributed by atoms with Crippen LogP contribution >= 0.6 is 7.82 Å². The summed E-state index contributed by atoms with van der Waals surface area (Å²) in [5.74, 6) is -1.93. The molecule has 0 fully saturated rings. The minimum Gasteiger partial charge on any atom is -0.481 e. The number of hydrogen-bond donors (Lipinski definition) is 3. The second-order valence-electron chi connectivity index (χ2n) is 5.84. The van der Waals surface area contributed by atoms with E-state index in [1.54, 1.807) is 0 Å². The lowest BCUT2D eigenvalue weighted by atomic mass is 10.3. The maximum atomic E-state index is 11.5. The van der Waals surface area contributed by atoms with E-state index in [-0.39, 0.29) is 19.4 Å². The van der Waals surface area contributed by atoms with Gasteiger partial charge < -0.3 is 24.3 Å². The van der Waals surface area contributed by atoms with Gasteiger partial charge in [0.1, 0.15) is 25.9 Å². The average molecular weight is 358 g/mol. The number of aliphatic hydroxyl groups is 1. The van der Waals surface area contributed by atoms with Crippen molar-refractivity contribution < 1.29 is 47.5 Å². The van der Waals surface area contributed by atoms with Crippen molar-refractivity contribution in [3.63, 3.8) is 0 Å². The third-order valence-electron chi connectivity index (χ3n) is 2.43.